The van der Waals surface area contributed by atoms with Gasteiger partial charge in [-0.05, 0) is 25.3 Å². The van der Waals surface area contributed by atoms with Crippen LogP contribution in [0.15, 0.2) is 30.3 Å². The first-order chi connectivity index (χ1) is 10.4. The van der Waals surface area contributed by atoms with Crippen LogP contribution in [0.5, 0.6) is 0 Å². The summed E-state index contributed by atoms with van der Waals surface area (Å²) < 4.78 is 0. The van der Waals surface area contributed by atoms with Gasteiger partial charge in [-0.15, -0.1) is 0 Å². The lowest BCUT2D eigenvalue weighted by molar-refractivity contribution is 0.469. The molecule has 0 bridgehead atoms. The fraction of sp³-hybridized carbons (Fsp3) is 0.529. The third kappa shape index (κ3) is 3.91. The number of aromatic amines is 1. The van der Waals surface area contributed by atoms with Gasteiger partial charge in [-0.1, -0.05) is 56.0 Å². The van der Waals surface area contributed by atoms with Crippen LogP contribution in [0.3, 0.4) is 0 Å². The van der Waals surface area contributed by atoms with Crippen LogP contribution in [0.1, 0.15) is 44.2 Å². The highest BCUT2D eigenvalue weighted by Crippen LogP contribution is 2.28. The van der Waals surface area contributed by atoms with E-state index in [4.69, 9.17) is 0 Å². The predicted molar refractivity (Wildman–Crippen MR) is 84.7 cm³/mol. The minimum absolute atomic E-state index is 0.783. The van der Waals surface area contributed by atoms with E-state index < -0.39 is 0 Å². The summed E-state index contributed by atoms with van der Waals surface area (Å²) in [6.45, 7) is 1.85. The van der Waals surface area contributed by atoms with Gasteiger partial charge in [0.25, 0.3) is 0 Å². The van der Waals surface area contributed by atoms with E-state index in [0.717, 1.165) is 36.0 Å². The van der Waals surface area contributed by atoms with Crippen molar-refractivity contribution in [1.82, 2.24) is 20.7 Å². The van der Waals surface area contributed by atoms with E-state index in [0.29, 0.717) is 0 Å². The highest BCUT2D eigenvalue weighted by Gasteiger charge is 2.14. The van der Waals surface area contributed by atoms with Crippen LogP contribution in [0.25, 0.3) is 11.3 Å². The highest BCUT2D eigenvalue weighted by molar-refractivity contribution is 5.60. The quantitative estimate of drug-likeness (QED) is 0.765. The third-order valence-electron chi connectivity index (χ3n) is 4.40. The molecule has 1 fully saturated rings. The minimum Gasteiger partial charge on any atom is -0.311 e. The predicted octanol–water partition coefficient (Wildman–Crippen LogP) is 3.53. The van der Waals surface area contributed by atoms with E-state index in [1.165, 1.54) is 38.5 Å². The Balaban J connectivity index is 1.44. The second-order valence-corrected chi connectivity index (χ2v) is 5.95. The van der Waals surface area contributed by atoms with Crippen LogP contribution < -0.4 is 5.32 Å². The number of benzene rings is 1. The van der Waals surface area contributed by atoms with Crippen LogP contribution >= 0.6 is 0 Å². The fourth-order valence-electron chi connectivity index (χ4n) is 3.22. The molecule has 1 heterocycles. The Morgan fingerprint density at radius 1 is 1.10 bits per heavy atom. The minimum atomic E-state index is 0.783. The molecule has 0 amide bonds. The average molecular weight is 284 g/mol. The molecular weight excluding hydrogens is 260 g/mol. The number of nitrogens with zero attached hydrogens (tertiary/aromatic N) is 2. The molecular formula is C17H24N4. The Morgan fingerprint density at radius 3 is 2.71 bits per heavy atom. The zero-order chi connectivity index (χ0) is 14.3. The van der Waals surface area contributed by atoms with Crippen molar-refractivity contribution in [2.24, 2.45) is 5.92 Å². The van der Waals surface area contributed by atoms with Crippen molar-refractivity contribution in [2.45, 2.75) is 45.1 Å². The van der Waals surface area contributed by atoms with E-state index in [1.54, 1.807) is 0 Å². The van der Waals surface area contributed by atoms with E-state index in [-0.39, 0.29) is 0 Å². The molecule has 2 aromatic rings. The van der Waals surface area contributed by atoms with E-state index in [1.807, 2.05) is 18.2 Å². The Kier molecular flexibility index (Phi) is 5.00. The fourth-order valence-corrected chi connectivity index (χ4v) is 3.22. The van der Waals surface area contributed by atoms with Gasteiger partial charge in [-0.2, -0.15) is 15.4 Å². The number of H-pyrrole nitrogens is 1. The van der Waals surface area contributed by atoms with Crippen molar-refractivity contribution < 1.29 is 0 Å². The molecule has 0 atom stereocenters. The van der Waals surface area contributed by atoms with Crippen molar-refractivity contribution in [3.8, 4) is 11.3 Å². The molecule has 0 saturated heterocycles. The molecule has 1 aliphatic rings. The smallest absolute Gasteiger partial charge is 0.117 e. The van der Waals surface area contributed by atoms with Crippen molar-refractivity contribution in [3.05, 3.63) is 36.0 Å². The molecule has 0 unspecified atom stereocenters. The van der Waals surface area contributed by atoms with Gasteiger partial charge < -0.3 is 5.32 Å². The van der Waals surface area contributed by atoms with Crippen LogP contribution in [0, 0.1) is 5.92 Å². The molecule has 0 radical (unpaired) electrons. The largest absolute Gasteiger partial charge is 0.311 e. The normalized spacial score (nSPS) is 15.6. The maximum atomic E-state index is 4.27. The van der Waals surface area contributed by atoms with Gasteiger partial charge in [0.1, 0.15) is 11.4 Å². The standard InChI is InChI=1S/C17H24N4/c1-2-10-15(11-3-1)17-16(19-21-20-17)13-18-12-6-9-14-7-4-5-8-14/h1-3,10-11,14,18H,4-9,12-13H2,(H,19,20,21). The molecule has 2 N–H and O–H groups in total. The average Bonchev–Trinajstić information content (AvgIpc) is 3.19. The van der Waals surface area contributed by atoms with Crippen molar-refractivity contribution in [3.63, 3.8) is 0 Å². The summed E-state index contributed by atoms with van der Waals surface area (Å²) in [5, 5.41) is 14.8. The Morgan fingerprint density at radius 2 is 1.90 bits per heavy atom. The van der Waals surface area contributed by atoms with Gasteiger partial charge >= 0.3 is 0 Å². The number of aromatic nitrogens is 3. The maximum Gasteiger partial charge on any atom is 0.117 e. The van der Waals surface area contributed by atoms with Gasteiger partial charge in [-0.25, -0.2) is 0 Å². The lowest BCUT2D eigenvalue weighted by Crippen LogP contribution is -2.16. The number of hydrogen-bond donors (Lipinski definition) is 2. The number of rotatable bonds is 7. The van der Waals surface area contributed by atoms with Crippen LogP contribution in [0.4, 0.5) is 0 Å². The van der Waals surface area contributed by atoms with Crippen LogP contribution in [-0.4, -0.2) is 22.0 Å². The summed E-state index contributed by atoms with van der Waals surface area (Å²) in [6, 6.07) is 10.2. The second kappa shape index (κ2) is 7.36. The first kappa shape index (κ1) is 14.3. The molecule has 3 rings (SSSR count). The zero-order valence-corrected chi connectivity index (χ0v) is 12.5. The summed E-state index contributed by atoms with van der Waals surface area (Å²) in [5.74, 6) is 0.985. The molecule has 1 aliphatic carbocycles. The van der Waals surface area contributed by atoms with Gasteiger partial charge in [0.15, 0.2) is 0 Å². The topological polar surface area (TPSA) is 53.6 Å². The van der Waals surface area contributed by atoms with Gasteiger partial charge in [-0.3, -0.25) is 0 Å². The Bertz CT molecular complexity index is 529. The highest BCUT2D eigenvalue weighted by atomic mass is 15.3. The number of nitrogens with one attached hydrogen (secondary N) is 2. The summed E-state index contributed by atoms with van der Waals surface area (Å²) in [5.41, 5.74) is 3.08. The van der Waals surface area contributed by atoms with E-state index in [9.17, 15) is 0 Å². The molecule has 1 aromatic carbocycles. The lowest BCUT2D eigenvalue weighted by atomic mass is 10.0. The Labute approximate surface area is 126 Å². The Hall–Kier alpha value is -1.68. The lowest BCUT2D eigenvalue weighted by Gasteiger charge is -2.08. The summed E-state index contributed by atoms with van der Waals surface area (Å²) in [4.78, 5) is 0. The van der Waals surface area contributed by atoms with Gasteiger partial charge in [0, 0.05) is 12.1 Å². The van der Waals surface area contributed by atoms with Gasteiger partial charge in [0.2, 0.25) is 0 Å². The third-order valence-corrected chi connectivity index (χ3v) is 4.40. The van der Waals surface area contributed by atoms with Crippen molar-refractivity contribution >= 4 is 0 Å². The summed E-state index contributed by atoms with van der Waals surface area (Å²) >= 11 is 0. The van der Waals surface area contributed by atoms with E-state index in [2.05, 4.69) is 32.9 Å². The first-order valence-corrected chi connectivity index (χ1v) is 8.09. The second-order valence-electron chi connectivity index (χ2n) is 5.95. The molecule has 21 heavy (non-hydrogen) atoms. The molecule has 4 heteroatoms. The molecule has 112 valence electrons. The van der Waals surface area contributed by atoms with E-state index >= 15 is 0 Å². The summed E-state index contributed by atoms with van der Waals surface area (Å²) in [6.07, 6.45) is 8.42. The van der Waals surface area contributed by atoms with Crippen LogP contribution in [0.2, 0.25) is 0 Å². The molecule has 4 nitrogen and oxygen atoms in total. The summed E-state index contributed by atoms with van der Waals surface area (Å²) in [7, 11) is 0. The monoisotopic (exact) mass is 284 g/mol. The molecule has 1 saturated carbocycles. The molecule has 0 spiro atoms. The first-order valence-electron chi connectivity index (χ1n) is 8.09. The molecule has 1 aromatic heterocycles. The molecule has 0 aliphatic heterocycles. The maximum absolute atomic E-state index is 4.27. The van der Waals surface area contributed by atoms with Crippen molar-refractivity contribution in [2.75, 3.05) is 6.54 Å². The number of hydrogen-bond acceptors (Lipinski definition) is 3. The zero-order valence-electron chi connectivity index (χ0n) is 12.5. The van der Waals surface area contributed by atoms with Crippen molar-refractivity contribution in [1.29, 1.82) is 0 Å². The van der Waals surface area contributed by atoms with Crippen LogP contribution in [-0.2, 0) is 6.54 Å². The SMILES string of the molecule is c1ccc(-c2n[nH]nc2CNCCCC2CCCC2)cc1. The van der Waals surface area contributed by atoms with Gasteiger partial charge in [0.05, 0.1) is 0 Å².